The first-order valence-electron chi connectivity index (χ1n) is 7.39. The van der Waals surface area contributed by atoms with Gasteiger partial charge in [-0.1, -0.05) is 60.7 Å². The van der Waals surface area contributed by atoms with E-state index in [1.165, 1.54) is 49.0 Å². The molecule has 0 bridgehead atoms. The highest BCUT2D eigenvalue weighted by Crippen LogP contribution is 2.40. The molecule has 0 spiro atoms. The van der Waals surface area contributed by atoms with Gasteiger partial charge in [-0.3, -0.25) is 0 Å². The van der Waals surface area contributed by atoms with Crippen LogP contribution in [0.3, 0.4) is 0 Å². The number of rotatable bonds is 0. The van der Waals surface area contributed by atoms with Crippen LogP contribution in [0.2, 0.25) is 0 Å². The maximum absolute atomic E-state index is 2.35. The van der Waals surface area contributed by atoms with Gasteiger partial charge in [0, 0.05) is 0 Å². The van der Waals surface area contributed by atoms with E-state index < -0.39 is 0 Å². The second-order valence-corrected chi connectivity index (χ2v) is 5.90. The smallest absolute Gasteiger partial charge is 0.00297 e. The van der Waals surface area contributed by atoms with E-state index in [2.05, 4.69) is 73.7 Å². The summed E-state index contributed by atoms with van der Waals surface area (Å²) < 4.78 is 0. The Morgan fingerprint density at radius 2 is 1.43 bits per heavy atom. The molecule has 0 N–H and O–H groups in total. The highest BCUT2D eigenvalue weighted by Gasteiger charge is 2.15. The zero-order valence-electron chi connectivity index (χ0n) is 11.9. The zero-order chi connectivity index (χ0) is 14.0. The quantitative estimate of drug-likeness (QED) is 0.240. The number of hydrogen-bond donors (Lipinski definition) is 0. The lowest BCUT2D eigenvalue weighted by molar-refractivity contribution is 1.49. The van der Waals surface area contributed by atoms with Crippen LogP contribution in [0.4, 0.5) is 0 Å². The summed E-state index contributed by atoms with van der Waals surface area (Å²) in [5, 5.41) is 8.14. The maximum atomic E-state index is 2.35. The van der Waals surface area contributed by atoms with E-state index >= 15 is 0 Å². The minimum Gasteiger partial charge on any atom is -0.0616 e. The van der Waals surface area contributed by atoms with Crippen molar-refractivity contribution < 1.29 is 0 Å². The van der Waals surface area contributed by atoms with Gasteiger partial charge < -0.3 is 0 Å². The van der Waals surface area contributed by atoms with Gasteiger partial charge in [0.1, 0.15) is 0 Å². The Balaban J connectivity index is 2.11. The first-order valence-corrected chi connectivity index (χ1v) is 7.39. The fourth-order valence-electron chi connectivity index (χ4n) is 3.69. The lowest BCUT2D eigenvalue weighted by Crippen LogP contribution is -1.86. The Labute approximate surface area is 123 Å². The third kappa shape index (κ3) is 1.34. The number of benzene rings is 4. The van der Waals surface area contributed by atoms with Crippen LogP contribution in [0, 0.1) is 6.92 Å². The topological polar surface area (TPSA) is 0 Å². The molecular weight excluding hydrogens is 252 g/mol. The van der Waals surface area contributed by atoms with Crippen molar-refractivity contribution in [1.82, 2.24) is 0 Å². The lowest BCUT2D eigenvalue weighted by atomic mass is 9.93. The lowest BCUT2D eigenvalue weighted by Gasteiger charge is -2.11. The Bertz CT molecular complexity index is 1080. The molecule has 0 radical (unpaired) electrons. The van der Waals surface area contributed by atoms with Crippen molar-refractivity contribution in [1.29, 1.82) is 0 Å². The second-order valence-electron chi connectivity index (χ2n) is 5.90. The van der Waals surface area contributed by atoms with Gasteiger partial charge in [0.25, 0.3) is 0 Å². The predicted molar refractivity (Wildman–Crippen MR) is 92.6 cm³/mol. The fraction of sp³-hybridized carbons (Fsp3) is 0.0476. The third-order valence-electron chi connectivity index (χ3n) is 4.74. The molecule has 4 aromatic carbocycles. The van der Waals surface area contributed by atoms with Gasteiger partial charge in [0.05, 0.1) is 0 Å². The molecule has 0 atom stereocenters. The molecule has 0 saturated heterocycles. The van der Waals surface area contributed by atoms with Crippen LogP contribution in [-0.4, -0.2) is 0 Å². The monoisotopic (exact) mass is 266 g/mol. The van der Waals surface area contributed by atoms with E-state index in [1.807, 2.05) is 0 Å². The number of fused-ring (bicyclic) bond motifs is 4. The van der Waals surface area contributed by atoms with Crippen LogP contribution < -0.4 is 0 Å². The molecule has 0 nitrogen and oxygen atoms in total. The van der Waals surface area contributed by atoms with Crippen LogP contribution in [0.5, 0.6) is 0 Å². The summed E-state index contributed by atoms with van der Waals surface area (Å²) in [6.07, 6.45) is 4.55. The summed E-state index contributed by atoms with van der Waals surface area (Å²) in [5.74, 6) is 0. The summed E-state index contributed by atoms with van der Waals surface area (Å²) in [6, 6.07) is 20.0. The third-order valence-corrected chi connectivity index (χ3v) is 4.74. The maximum Gasteiger partial charge on any atom is -0.00297 e. The Morgan fingerprint density at radius 1 is 0.619 bits per heavy atom. The molecule has 4 aromatic rings. The summed E-state index contributed by atoms with van der Waals surface area (Å²) in [7, 11) is 0. The molecule has 0 unspecified atom stereocenters. The molecule has 21 heavy (non-hydrogen) atoms. The standard InChI is InChI=1S/C21H14/c1-13-6-7-15-12-20-17-5-3-2-4-14(17)8-9-18(20)19-11-10-16(13)21(15)19/h2-12H,1H3. The number of aryl methyl sites for hydroxylation is 1. The molecular formula is C21H14. The molecule has 0 heteroatoms. The molecule has 0 aliphatic heterocycles. The normalized spacial score (nSPS) is 12.8. The summed E-state index contributed by atoms with van der Waals surface area (Å²) in [6.45, 7) is 2.19. The SMILES string of the molecule is Cc1ccc2cc3c(ccc4ccccc43)c3c2c1C=C3. The average Bonchev–Trinajstić information content (AvgIpc) is 2.97. The van der Waals surface area contributed by atoms with Crippen molar-refractivity contribution in [2.45, 2.75) is 6.92 Å². The molecule has 98 valence electrons. The molecule has 0 aromatic heterocycles. The fourth-order valence-corrected chi connectivity index (χ4v) is 3.69. The van der Waals surface area contributed by atoms with Gasteiger partial charge in [-0.05, 0) is 62.0 Å². The van der Waals surface area contributed by atoms with Crippen LogP contribution in [0.25, 0.3) is 44.5 Å². The van der Waals surface area contributed by atoms with Gasteiger partial charge in [-0.2, -0.15) is 0 Å². The predicted octanol–water partition coefficient (Wildman–Crippen LogP) is 5.94. The van der Waals surface area contributed by atoms with Gasteiger partial charge in [-0.15, -0.1) is 0 Å². The molecule has 1 aliphatic rings. The van der Waals surface area contributed by atoms with Gasteiger partial charge in [0.15, 0.2) is 0 Å². The number of hydrogen-bond acceptors (Lipinski definition) is 0. The molecule has 5 rings (SSSR count). The van der Waals surface area contributed by atoms with Crippen molar-refractivity contribution >= 4 is 44.5 Å². The van der Waals surface area contributed by atoms with Crippen molar-refractivity contribution in [3.63, 3.8) is 0 Å². The van der Waals surface area contributed by atoms with E-state index in [4.69, 9.17) is 0 Å². The first kappa shape index (κ1) is 11.1. The van der Waals surface area contributed by atoms with Crippen molar-refractivity contribution in [2.24, 2.45) is 0 Å². The van der Waals surface area contributed by atoms with Gasteiger partial charge >= 0.3 is 0 Å². The van der Waals surface area contributed by atoms with Crippen LogP contribution in [0.1, 0.15) is 16.7 Å². The average molecular weight is 266 g/mol. The van der Waals surface area contributed by atoms with Crippen LogP contribution in [-0.2, 0) is 0 Å². The van der Waals surface area contributed by atoms with Crippen LogP contribution in [0.15, 0.2) is 54.6 Å². The molecule has 0 fully saturated rings. The van der Waals surface area contributed by atoms with Crippen molar-refractivity contribution in [3.8, 4) is 0 Å². The molecule has 0 saturated carbocycles. The minimum absolute atomic E-state index is 1.31. The van der Waals surface area contributed by atoms with Crippen molar-refractivity contribution in [3.05, 3.63) is 71.3 Å². The van der Waals surface area contributed by atoms with Gasteiger partial charge in [-0.25, -0.2) is 0 Å². The summed E-state index contributed by atoms with van der Waals surface area (Å²) in [5.41, 5.74) is 4.13. The van der Waals surface area contributed by atoms with Crippen molar-refractivity contribution in [2.75, 3.05) is 0 Å². The van der Waals surface area contributed by atoms with Crippen LogP contribution >= 0.6 is 0 Å². The van der Waals surface area contributed by atoms with E-state index in [0.29, 0.717) is 0 Å². The van der Waals surface area contributed by atoms with E-state index in [9.17, 15) is 0 Å². The Kier molecular flexibility index (Phi) is 1.97. The highest BCUT2D eigenvalue weighted by atomic mass is 14.2. The van der Waals surface area contributed by atoms with Gasteiger partial charge in [0.2, 0.25) is 0 Å². The van der Waals surface area contributed by atoms with E-state index in [0.717, 1.165) is 0 Å². The molecule has 1 aliphatic carbocycles. The second kappa shape index (κ2) is 3.73. The van der Waals surface area contributed by atoms with E-state index in [1.54, 1.807) is 0 Å². The zero-order valence-corrected chi connectivity index (χ0v) is 11.9. The molecule has 0 heterocycles. The summed E-state index contributed by atoms with van der Waals surface area (Å²) >= 11 is 0. The highest BCUT2D eigenvalue weighted by molar-refractivity contribution is 6.20. The Hall–Kier alpha value is -2.60. The molecule has 0 amide bonds. The minimum atomic E-state index is 1.31. The Morgan fingerprint density at radius 3 is 2.38 bits per heavy atom. The summed E-state index contributed by atoms with van der Waals surface area (Å²) in [4.78, 5) is 0. The van der Waals surface area contributed by atoms with E-state index in [-0.39, 0.29) is 0 Å². The largest absolute Gasteiger partial charge is 0.0616 e. The first-order chi connectivity index (χ1) is 10.3.